The van der Waals surface area contributed by atoms with Gasteiger partial charge in [-0.05, 0) is 60.1 Å². The average Bonchev–Trinajstić information content (AvgIpc) is 2.76. The number of aryl methyl sites for hydroxylation is 2. The van der Waals surface area contributed by atoms with Crippen molar-refractivity contribution in [3.05, 3.63) is 43.5 Å². The summed E-state index contributed by atoms with van der Waals surface area (Å²) in [6.07, 6.45) is 3.91. The van der Waals surface area contributed by atoms with Crippen molar-refractivity contribution in [3.63, 3.8) is 0 Å². The van der Waals surface area contributed by atoms with Gasteiger partial charge in [0.05, 0.1) is 17.6 Å². The molecule has 0 saturated carbocycles. The number of nitrogens with two attached hydrogens (primary N) is 1. The fraction of sp³-hybridized carbons (Fsp3) is 0.267. The normalized spacial score (nSPS) is 11.3. The molecule has 0 aliphatic carbocycles. The molecule has 3 rings (SSSR count). The van der Waals surface area contributed by atoms with Crippen molar-refractivity contribution in [1.29, 1.82) is 0 Å². The molecule has 0 aliphatic heterocycles. The summed E-state index contributed by atoms with van der Waals surface area (Å²) in [5.74, 6) is 0.181. The number of nitrogens with zero attached hydrogens (tertiary/aromatic N) is 4. The molecule has 0 bridgehead atoms. The Hall–Kier alpha value is -1.41. The number of halogens is 2. The van der Waals surface area contributed by atoms with E-state index in [1.54, 1.807) is 0 Å². The second-order valence-electron chi connectivity index (χ2n) is 5.34. The Morgan fingerprint density at radius 3 is 2.68 bits per heavy atom. The van der Waals surface area contributed by atoms with E-state index in [2.05, 4.69) is 51.4 Å². The predicted octanol–water partition coefficient (Wildman–Crippen LogP) is 3.64. The molecule has 5 nitrogen and oxygen atoms in total. The lowest BCUT2D eigenvalue weighted by atomic mass is 10.1. The summed E-state index contributed by atoms with van der Waals surface area (Å²) in [6.45, 7) is 6.77. The molecule has 0 atom stereocenters. The first kappa shape index (κ1) is 15.5. The number of aromatic nitrogens is 4. The smallest absolute Gasteiger partial charge is 0.223 e. The van der Waals surface area contributed by atoms with Crippen molar-refractivity contribution in [2.75, 3.05) is 5.73 Å². The van der Waals surface area contributed by atoms with E-state index in [4.69, 9.17) is 17.3 Å². The minimum absolute atomic E-state index is 0.181. The van der Waals surface area contributed by atoms with Crippen LogP contribution in [0.5, 0.6) is 0 Å². The lowest BCUT2D eigenvalue weighted by Crippen LogP contribution is -2.06. The monoisotopic (exact) mass is 427 g/mol. The molecule has 0 amide bonds. The number of pyridine rings is 1. The Bertz CT molecular complexity index is 888. The Balaban J connectivity index is 2.14. The van der Waals surface area contributed by atoms with Crippen LogP contribution in [0.2, 0.25) is 5.15 Å². The van der Waals surface area contributed by atoms with Gasteiger partial charge in [0.15, 0.2) is 0 Å². The molecule has 0 aliphatic rings. The SMILES string of the molecule is Cc1cnc(Cn2cc(C)c3c(Cl)nc(N)nc32)c(C)c1I. The van der Waals surface area contributed by atoms with Gasteiger partial charge in [-0.1, -0.05) is 11.6 Å². The van der Waals surface area contributed by atoms with Crippen molar-refractivity contribution >= 4 is 51.2 Å². The van der Waals surface area contributed by atoms with Crippen LogP contribution in [-0.2, 0) is 6.54 Å². The van der Waals surface area contributed by atoms with Gasteiger partial charge in [-0.15, -0.1) is 0 Å². The molecule has 0 unspecified atom stereocenters. The molecule has 3 aromatic rings. The van der Waals surface area contributed by atoms with Crippen LogP contribution in [0, 0.1) is 24.3 Å². The third-order valence-corrected chi connectivity index (χ3v) is 5.65. The first-order valence-corrected chi connectivity index (χ1v) is 8.23. The van der Waals surface area contributed by atoms with Gasteiger partial charge in [-0.3, -0.25) is 4.98 Å². The molecule has 0 spiro atoms. The standard InChI is InChI=1S/C15H15ClIN5/c1-7-4-19-10(9(3)12(7)17)6-22-5-8(2)11-13(16)20-15(18)21-14(11)22/h4-5H,6H2,1-3H3,(H2,18,20,21). The molecule has 0 saturated heterocycles. The van der Waals surface area contributed by atoms with E-state index in [1.807, 2.05) is 23.9 Å². The van der Waals surface area contributed by atoms with Crippen LogP contribution in [0.3, 0.4) is 0 Å². The number of fused-ring (bicyclic) bond motifs is 1. The lowest BCUT2D eigenvalue weighted by Gasteiger charge is -2.10. The number of anilines is 1. The van der Waals surface area contributed by atoms with Crippen molar-refractivity contribution in [1.82, 2.24) is 19.5 Å². The second kappa shape index (κ2) is 5.66. The summed E-state index contributed by atoms with van der Waals surface area (Å²) in [6, 6.07) is 0. The third kappa shape index (κ3) is 2.54. The van der Waals surface area contributed by atoms with Crippen molar-refractivity contribution in [2.45, 2.75) is 27.3 Å². The lowest BCUT2D eigenvalue weighted by molar-refractivity contribution is 0.785. The van der Waals surface area contributed by atoms with Crippen LogP contribution in [0.1, 0.15) is 22.4 Å². The fourth-order valence-electron chi connectivity index (χ4n) is 2.54. The Labute approximate surface area is 147 Å². The quantitative estimate of drug-likeness (QED) is 0.501. The van der Waals surface area contributed by atoms with E-state index in [-0.39, 0.29) is 5.95 Å². The second-order valence-corrected chi connectivity index (χ2v) is 6.77. The van der Waals surface area contributed by atoms with Gasteiger partial charge in [0.25, 0.3) is 0 Å². The van der Waals surface area contributed by atoms with Gasteiger partial charge < -0.3 is 10.3 Å². The largest absolute Gasteiger partial charge is 0.368 e. The first-order chi connectivity index (χ1) is 10.4. The summed E-state index contributed by atoms with van der Waals surface area (Å²) in [5.41, 5.74) is 10.9. The van der Waals surface area contributed by atoms with E-state index in [9.17, 15) is 0 Å². The maximum atomic E-state index is 6.20. The predicted molar refractivity (Wildman–Crippen MR) is 97.2 cm³/mol. The summed E-state index contributed by atoms with van der Waals surface area (Å²) < 4.78 is 3.26. The molecule has 0 radical (unpaired) electrons. The van der Waals surface area contributed by atoms with Gasteiger partial charge in [-0.25, -0.2) is 4.98 Å². The maximum Gasteiger partial charge on any atom is 0.223 e. The zero-order valence-corrected chi connectivity index (χ0v) is 15.4. The molecule has 2 N–H and O–H groups in total. The third-order valence-electron chi connectivity index (χ3n) is 3.72. The van der Waals surface area contributed by atoms with Gasteiger partial charge >= 0.3 is 0 Å². The number of rotatable bonds is 2. The Morgan fingerprint density at radius 2 is 1.95 bits per heavy atom. The first-order valence-electron chi connectivity index (χ1n) is 6.77. The molecule has 114 valence electrons. The highest BCUT2D eigenvalue weighted by Crippen LogP contribution is 2.27. The molecule has 0 aromatic carbocycles. The minimum atomic E-state index is 0.181. The van der Waals surface area contributed by atoms with Crippen molar-refractivity contribution in [3.8, 4) is 0 Å². The average molecular weight is 428 g/mol. The molecule has 22 heavy (non-hydrogen) atoms. The van der Waals surface area contributed by atoms with E-state index in [0.717, 1.165) is 22.3 Å². The Morgan fingerprint density at radius 1 is 1.23 bits per heavy atom. The summed E-state index contributed by atoms with van der Waals surface area (Å²) >= 11 is 8.56. The highest BCUT2D eigenvalue weighted by Gasteiger charge is 2.15. The van der Waals surface area contributed by atoms with Crippen LogP contribution < -0.4 is 5.73 Å². The minimum Gasteiger partial charge on any atom is -0.368 e. The number of nitrogen functional groups attached to an aromatic ring is 1. The van der Waals surface area contributed by atoms with E-state index < -0.39 is 0 Å². The highest BCUT2D eigenvalue weighted by atomic mass is 127. The van der Waals surface area contributed by atoms with E-state index in [0.29, 0.717) is 11.7 Å². The topological polar surface area (TPSA) is 69.6 Å². The van der Waals surface area contributed by atoms with Crippen LogP contribution in [-0.4, -0.2) is 19.5 Å². The van der Waals surface area contributed by atoms with Gasteiger partial charge in [0, 0.05) is 16.0 Å². The van der Waals surface area contributed by atoms with Gasteiger partial charge in [0.1, 0.15) is 10.8 Å². The fourth-order valence-corrected chi connectivity index (χ4v) is 3.31. The molecule has 7 heteroatoms. The van der Waals surface area contributed by atoms with Crippen molar-refractivity contribution < 1.29 is 0 Å². The molecule has 0 fully saturated rings. The molecule has 3 heterocycles. The van der Waals surface area contributed by atoms with E-state index >= 15 is 0 Å². The summed E-state index contributed by atoms with van der Waals surface area (Å²) in [7, 11) is 0. The van der Waals surface area contributed by atoms with Crippen LogP contribution in [0.4, 0.5) is 5.95 Å². The maximum absolute atomic E-state index is 6.20. The highest BCUT2D eigenvalue weighted by molar-refractivity contribution is 14.1. The van der Waals surface area contributed by atoms with Crippen LogP contribution in [0.25, 0.3) is 11.0 Å². The van der Waals surface area contributed by atoms with Gasteiger partial charge in [-0.2, -0.15) is 4.98 Å². The van der Waals surface area contributed by atoms with Crippen LogP contribution in [0.15, 0.2) is 12.4 Å². The summed E-state index contributed by atoms with van der Waals surface area (Å²) in [4.78, 5) is 12.9. The van der Waals surface area contributed by atoms with Crippen molar-refractivity contribution in [2.24, 2.45) is 0 Å². The molecular formula is C15H15ClIN5. The zero-order valence-electron chi connectivity index (χ0n) is 12.5. The molecular weight excluding hydrogens is 413 g/mol. The summed E-state index contributed by atoms with van der Waals surface area (Å²) in [5, 5.41) is 1.23. The molecule has 3 aromatic heterocycles. The van der Waals surface area contributed by atoms with Crippen LogP contribution >= 0.6 is 34.2 Å². The van der Waals surface area contributed by atoms with E-state index in [1.165, 1.54) is 14.7 Å². The van der Waals surface area contributed by atoms with Gasteiger partial charge in [0.2, 0.25) is 5.95 Å². The number of hydrogen-bond donors (Lipinski definition) is 1. The Kier molecular flexibility index (Phi) is 3.98. The zero-order chi connectivity index (χ0) is 16.0. The number of hydrogen-bond acceptors (Lipinski definition) is 4.